The molecule has 3 aromatic rings. The van der Waals surface area contributed by atoms with E-state index in [4.69, 9.17) is 0 Å². The predicted molar refractivity (Wildman–Crippen MR) is 133 cm³/mol. The number of aryl methyl sites for hydroxylation is 1. The highest BCUT2D eigenvalue weighted by atomic mass is 32.1. The van der Waals surface area contributed by atoms with Gasteiger partial charge >= 0.3 is 0 Å². The van der Waals surface area contributed by atoms with Gasteiger partial charge in [-0.1, -0.05) is 23.5 Å². The van der Waals surface area contributed by atoms with Crippen LogP contribution < -0.4 is 10.6 Å². The van der Waals surface area contributed by atoms with E-state index < -0.39 is 6.04 Å². The Hall–Kier alpha value is -3.15. The second-order valence-electron chi connectivity index (χ2n) is 8.61. The summed E-state index contributed by atoms with van der Waals surface area (Å²) >= 11 is 1.15. The lowest BCUT2D eigenvalue weighted by atomic mass is 10.0. The molecule has 1 atom stereocenters. The van der Waals surface area contributed by atoms with Crippen LogP contribution in [0.1, 0.15) is 21.7 Å². The topological polar surface area (TPSA) is 95.4 Å². The molecule has 1 aliphatic rings. The number of halogens is 1. The quantitative estimate of drug-likeness (QED) is 0.415. The van der Waals surface area contributed by atoms with Crippen molar-refractivity contribution in [2.75, 3.05) is 45.1 Å². The molecule has 2 N–H and O–H groups in total. The summed E-state index contributed by atoms with van der Waals surface area (Å²) in [5.41, 5.74) is 0.889. The van der Waals surface area contributed by atoms with Gasteiger partial charge in [0.25, 0.3) is 5.91 Å². The summed E-state index contributed by atoms with van der Waals surface area (Å²) in [6.45, 7) is 4.57. The lowest BCUT2D eigenvalue weighted by Gasteiger charge is -2.37. The molecule has 1 unspecified atom stereocenters. The fraction of sp³-hybridized carbons (Fsp3) is 0.417. The molecule has 1 fully saturated rings. The van der Waals surface area contributed by atoms with Crippen LogP contribution in [0.5, 0.6) is 0 Å². The van der Waals surface area contributed by atoms with E-state index in [2.05, 4.69) is 37.4 Å². The SMILES string of the molecule is CN1CCN(C(Cc2ccc(F)cc2)C(=O)Nc2ncc(C(=O)NCCCn3ccnc3)s2)CC1. The number of imidazole rings is 1. The van der Waals surface area contributed by atoms with Gasteiger partial charge in [0.05, 0.1) is 18.6 Å². The van der Waals surface area contributed by atoms with Crippen LogP contribution in [0.2, 0.25) is 0 Å². The number of aromatic nitrogens is 3. The van der Waals surface area contributed by atoms with Crippen molar-refractivity contribution in [1.29, 1.82) is 0 Å². The highest BCUT2D eigenvalue weighted by Gasteiger charge is 2.29. The van der Waals surface area contributed by atoms with Gasteiger partial charge in [-0.05, 0) is 37.6 Å². The molecule has 0 radical (unpaired) electrons. The van der Waals surface area contributed by atoms with E-state index in [0.717, 1.165) is 56.0 Å². The zero-order valence-electron chi connectivity index (χ0n) is 19.7. The Morgan fingerprint density at radius 2 is 1.94 bits per heavy atom. The molecule has 2 amide bonds. The number of thiazole rings is 1. The Kier molecular flexibility index (Phi) is 8.56. The first kappa shape index (κ1) is 25.0. The zero-order chi connectivity index (χ0) is 24.6. The molecule has 11 heteroatoms. The summed E-state index contributed by atoms with van der Waals surface area (Å²) in [5, 5.41) is 6.16. The van der Waals surface area contributed by atoms with E-state index in [0.29, 0.717) is 23.0 Å². The molecule has 3 heterocycles. The number of rotatable bonds is 10. The number of anilines is 1. The molecule has 0 saturated carbocycles. The summed E-state index contributed by atoms with van der Waals surface area (Å²) in [4.78, 5) is 38.8. The van der Waals surface area contributed by atoms with Gasteiger partial charge < -0.3 is 20.1 Å². The van der Waals surface area contributed by atoms with Crippen LogP contribution in [0.3, 0.4) is 0 Å². The molecular weight excluding hydrogens is 469 g/mol. The van der Waals surface area contributed by atoms with Crippen LogP contribution in [0.15, 0.2) is 49.2 Å². The second kappa shape index (κ2) is 12.0. The highest BCUT2D eigenvalue weighted by molar-refractivity contribution is 7.17. The summed E-state index contributed by atoms with van der Waals surface area (Å²) in [6.07, 6.45) is 8.07. The van der Waals surface area contributed by atoms with E-state index >= 15 is 0 Å². The molecule has 2 aromatic heterocycles. The van der Waals surface area contributed by atoms with Crippen molar-refractivity contribution in [3.63, 3.8) is 0 Å². The molecule has 1 aliphatic heterocycles. The van der Waals surface area contributed by atoms with Crippen molar-refractivity contribution in [1.82, 2.24) is 29.7 Å². The number of hydrogen-bond acceptors (Lipinski definition) is 7. The monoisotopic (exact) mass is 499 g/mol. The number of carbonyl (C=O) groups excluding carboxylic acids is 2. The van der Waals surface area contributed by atoms with Gasteiger partial charge in [0.1, 0.15) is 10.7 Å². The number of carbonyl (C=O) groups is 2. The average Bonchev–Trinajstić information content (AvgIpc) is 3.54. The van der Waals surface area contributed by atoms with Gasteiger partial charge in [-0.15, -0.1) is 0 Å². The van der Waals surface area contributed by atoms with Gasteiger partial charge in [0, 0.05) is 51.7 Å². The smallest absolute Gasteiger partial charge is 0.263 e. The fourth-order valence-electron chi connectivity index (χ4n) is 3.96. The number of benzene rings is 1. The Bertz CT molecular complexity index is 1100. The Morgan fingerprint density at radius 3 is 2.66 bits per heavy atom. The van der Waals surface area contributed by atoms with Gasteiger partial charge in [-0.3, -0.25) is 14.5 Å². The van der Waals surface area contributed by atoms with Crippen LogP contribution in [0.4, 0.5) is 9.52 Å². The van der Waals surface area contributed by atoms with Crippen LogP contribution in [-0.4, -0.2) is 82.0 Å². The minimum absolute atomic E-state index is 0.180. The standard InChI is InChI=1S/C24H30FN7O2S/c1-30-11-13-32(14-12-30)20(15-18-3-5-19(25)6-4-18)22(33)29-24-28-16-21(35-24)23(34)27-7-2-9-31-10-8-26-17-31/h3-6,8,10,16-17,20H,2,7,9,11-15H2,1H3,(H,27,34)(H,28,29,33). The maximum atomic E-state index is 13.4. The van der Waals surface area contributed by atoms with Crippen molar-refractivity contribution in [3.8, 4) is 0 Å². The van der Waals surface area contributed by atoms with Crippen LogP contribution in [0, 0.1) is 5.82 Å². The second-order valence-corrected chi connectivity index (χ2v) is 9.65. The van der Waals surface area contributed by atoms with E-state index in [1.807, 2.05) is 10.8 Å². The first-order valence-electron chi connectivity index (χ1n) is 11.7. The average molecular weight is 500 g/mol. The summed E-state index contributed by atoms with van der Waals surface area (Å²) < 4.78 is 15.3. The van der Waals surface area contributed by atoms with Crippen molar-refractivity contribution in [2.24, 2.45) is 0 Å². The maximum Gasteiger partial charge on any atom is 0.263 e. The van der Waals surface area contributed by atoms with Crippen LogP contribution >= 0.6 is 11.3 Å². The highest BCUT2D eigenvalue weighted by Crippen LogP contribution is 2.20. The van der Waals surface area contributed by atoms with E-state index in [1.54, 1.807) is 24.7 Å². The molecule has 4 rings (SSSR count). The first-order valence-corrected chi connectivity index (χ1v) is 12.5. The van der Waals surface area contributed by atoms with Crippen molar-refractivity contribution in [2.45, 2.75) is 25.4 Å². The molecule has 0 bridgehead atoms. The van der Waals surface area contributed by atoms with Gasteiger partial charge in [0.15, 0.2) is 5.13 Å². The lowest BCUT2D eigenvalue weighted by molar-refractivity contribution is -0.122. The molecule has 1 aromatic carbocycles. The number of nitrogens with zero attached hydrogens (tertiary/aromatic N) is 5. The van der Waals surface area contributed by atoms with Crippen molar-refractivity contribution < 1.29 is 14.0 Å². The van der Waals surface area contributed by atoms with E-state index in [9.17, 15) is 14.0 Å². The number of piperazine rings is 1. The molecule has 0 spiro atoms. The van der Waals surface area contributed by atoms with Crippen molar-refractivity contribution in [3.05, 3.63) is 65.4 Å². The number of hydrogen-bond donors (Lipinski definition) is 2. The summed E-state index contributed by atoms with van der Waals surface area (Å²) in [7, 11) is 2.06. The Labute approximate surface area is 208 Å². The Morgan fingerprint density at radius 1 is 1.17 bits per heavy atom. The van der Waals surface area contributed by atoms with Crippen LogP contribution in [-0.2, 0) is 17.8 Å². The number of amides is 2. The maximum absolute atomic E-state index is 13.4. The fourth-order valence-corrected chi connectivity index (χ4v) is 4.70. The number of likely N-dealkylation sites (N-methyl/N-ethyl adjacent to an activating group) is 1. The molecule has 35 heavy (non-hydrogen) atoms. The summed E-state index contributed by atoms with van der Waals surface area (Å²) in [5.74, 6) is -0.694. The normalized spacial score (nSPS) is 15.6. The molecule has 186 valence electrons. The molecular formula is C24H30FN7O2S. The third-order valence-electron chi connectivity index (χ3n) is 6.02. The van der Waals surface area contributed by atoms with Gasteiger partial charge in [0.2, 0.25) is 5.91 Å². The number of nitrogens with one attached hydrogen (secondary N) is 2. The van der Waals surface area contributed by atoms with Crippen LogP contribution in [0.25, 0.3) is 0 Å². The zero-order valence-corrected chi connectivity index (χ0v) is 20.5. The third kappa shape index (κ3) is 7.17. The Balaban J connectivity index is 1.34. The van der Waals surface area contributed by atoms with E-state index in [1.165, 1.54) is 18.3 Å². The minimum Gasteiger partial charge on any atom is -0.351 e. The van der Waals surface area contributed by atoms with Gasteiger partial charge in [-0.2, -0.15) is 0 Å². The minimum atomic E-state index is -0.418. The molecule has 0 aliphatic carbocycles. The van der Waals surface area contributed by atoms with Crippen molar-refractivity contribution >= 4 is 28.3 Å². The van der Waals surface area contributed by atoms with Gasteiger partial charge in [-0.25, -0.2) is 14.4 Å². The third-order valence-corrected chi connectivity index (χ3v) is 6.93. The lowest BCUT2D eigenvalue weighted by Crippen LogP contribution is -2.53. The predicted octanol–water partition coefficient (Wildman–Crippen LogP) is 2.10. The molecule has 9 nitrogen and oxygen atoms in total. The largest absolute Gasteiger partial charge is 0.351 e. The molecule has 1 saturated heterocycles. The summed E-state index contributed by atoms with van der Waals surface area (Å²) in [6, 6.07) is 5.83. The first-order chi connectivity index (χ1) is 17.0. The van der Waals surface area contributed by atoms with E-state index in [-0.39, 0.29) is 17.6 Å².